The van der Waals surface area contributed by atoms with Crippen LogP contribution >= 0.6 is 11.6 Å². The molecule has 1 aromatic heterocycles. The van der Waals surface area contributed by atoms with Gasteiger partial charge in [-0.05, 0) is 35.7 Å². The average Bonchev–Trinajstić information content (AvgIpc) is 2.82. The number of hydrogen-bond acceptors (Lipinski definition) is 4. The Bertz CT molecular complexity index is 1140. The molecule has 1 aliphatic heterocycles. The molecule has 1 saturated heterocycles. The fourth-order valence-corrected chi connectivity index (χ4v) is 4.14. The highest BCUT2D eigenvalue weighted by molar-refractivity contribution is 6.33. The highest BCUT2D eigenvalue weighted by Gasteiger charge is 2.25. The van der Waals surface area contributed by atoms with Crippen LogP contribution < -0.4 is 10.5 Å². The first kappa shape index (κ1) is 22.0. The van der Waals surface area contributed by atoms with Gasteiger partial charge < -0.3 is 9.80 Å². The molecule has 2 heterocycles. The van der Waals surface area contributed by atoms with Crippen LogP contribution in [0, 0.1) is 5.82 Å². The number of carbonyl (C=O) groups is 1. The van der Waals surface area contributed by atoms with E-state index in [0.717, 1.165) is 5.56 Å². The molecule has 2 aromatic carbocycles. The molecule has 8 heteroatoms. The van der Waals surface area contributed by atoms with Crippen LogP contribution in [0.2, 0.25) is 5.02 Å². The lowest BCUT2D eigenvalue weighted by molar-refractivity contribution is -0.131. The molecule has 0 bridgehead atoms. The van der Waals surface area contributed by atoms with Gasteiger partial charge in [-0.15, -0.1) is 0 Å². The van der Waals surface area contributed by atoms with Crippen molar-refractivity contribution >= 4 is 23.2 Å². The van der Waals surface area contributed by atoms with Gasteiger partial charge in [0.15, 0.2) is 0 Å². The zero-order chi connectivity index (χ0) is 22.7. The molecule has 0 saturated carbocycles. The maximum atomic E-state index is 13.1. The minimum Gasteiger partial charge on any atom is -0.365 e. The summed E-state index contributed by atoms with van der Waals surface area (Å²) in [7, 11) is 0. The minimum absolute atomic E-state index is 0.00495. The number of anilines is 1. The van der Waals surface area contributed by atoms with Crippen LogP contribution in [-0.4, -0.2) is 46.8 Å². The molecule has 1 amide bonds. The molecule has 0 aliphatic carbocycles. The number of aromatic nitrogens is 2. The molecule has 3 aromatic rings. The van der Waals surface area contributed by atoms with Gasteiger partial charge >= 0.3 is 0 Å². The predicted molar refractivity (Wildman–Crippen MR) is 123 cm³/mol. The van der Waals surface area contributed by atoms with E-state index in [1.54, 1.807) is 30.5 Å². The highest BCUT2D eigenvalue weighted by Crippen LogP contribution is 2.25. The van der Waals surface area contributed by atoms with Crippen LogP contribution in [0.5, 0.6) is 0 Å². The summed E-state index contributed by atoms with van der Waals surface area (Å²) in [5, 5.41) is 4.41. The maximum Gasteiger partial charge on any atom is 0.292 e. The van der Waals surface area contributed by atoms with Crippen molar-refractivity contribution in [1.29, 1.82) is 0 Å². The first-order valence-electron chi connectivity index (χ1n) is 10.6. The summed E-state index contributed by atoms with van der Waals surface area (Å²) >= 11 is 6.41. The fourth-order valence-electron chi connectivity index (χ4n) is 3.89. The third kappa shape index (κ3) is 4.67. The number of carbonyl (C=O) groups excluding carboxylic acids is 1. The zero-order valence-corrected chi connectivity index (χ0v) is 18.5. The Morgan fingerprint density at radius 1 is 1.06 bits per heavy atom. The van der Waals surface area contributed by atoms with Gasteiger partial charge in [-0.25, -0.2) is 4.39 Å². The minimum atomic E-state index is -0.373. The van der Waals surface area contributed by atoms with Gasteiger partial charge in [-0.2, -0.15) is 9.78 Å². The molecule has 6 nitrogen and oxygen atoms in total. The monoisotopic (exact) mass is 454 g/mol. The average molecular weight is 455 g/mol. The van der Waals surface area contributed by atoms with Crippen LogP contribution in [0.1, 0.15) is 24.8 Å². The molecule has 32 heavy (non-hydrogen) atoms. The summed E-state index contributed by atoms with van der Waals surface area (Å²) < 4.78 is 14.4. The molecular formula is C24H24ClFN4O2. The predicted octanol–water partition coefficient (Wildman–Crippen LogP) is 3.87. The number of halogens is 2. The Balaban J connectivity index is 1.39. The van der Waals surface area contributed by atoms with Gasteiger partial charge in [0.05, 0.1) is 17.6 Å². The van der Waals surface area contributed by atoms with Crippen molar-refractivity contribution in [2.24, 2.45) is 0 Å². The van der Waals surface area contributed by atoms with E-state index >= 15 is 0 Å². The molecule has 4 rings (SSSR count). The molecule has 0 spiro atoms. The molecule has 1 fully saturated rings. The third-order valence-corrected chi connectivity index (χ3v) is 6.15. The van der Waals surface area contributed by atoms with E-state index in [0.29, 0.717) is 44.0 Å². The van der Waals surface area contributed by atoms with Crippen molar-refractivity contribution in [3.63, 3.8) is 0 Å². The second-order valence-electron chi connectivity index (χ2n) is 7.92. The summed E-state index contributed by atoms with van der Waals surface area (Å²) in [6, 6.07) is 15.4. The van der Waals surface area contributed by atoms with Gasteiger partial charge in [0.2, 0.25) is 5.91 Å². The van der Waals surface area contributed by atoms with E-state index in [1.807, 2.05) is 34.9 Å². The van der Waals surface area contributed by atoms with E-state index in [9.17, 15) is 14.0 Å². The van der Waals surface area contributed by atoms with E-state index < -0.39 is 0 Å². The Hall–Kier alpha value is -3.19. The number of amides is 1. The Kier molecular flexibility index (Phi) is 6.55. The van der Waals surface area contributed by atoms with E-state index in [1.165, 1.54) is 16.8 Å². The van der Waals surface area contributed by atoms with E-state index in [-0.39, 0.29) is 28.2 Å². The van der Waals surface area contributed by atoms with Gasteiger partial charge in [0.25, 0.3) is 5.56 Å². The van der Waals surface area contributed by atoms with Crippen LogP contribution in [-0.2, 0) is 4.79 Å². The number of para-hydroxylation sites is 1. The van der Waals surface area contributed by atoms with Crippen molar-refractivity contribution in [3.8, 4) is 5.69 Å². The molecule has 0 radical (unpaired) electrons. The second kappa shape index (κ2) is 9.53. The largest absolute Gasteiger partial charge is 0.365 e. The lowest BCUT2D eigenvalue weighted by Crippen LogP contribution is -2.49. The quantitative estimate of drug-likeness (QED) is 0.587. The summed E-state index contributed by atoms with van der Waals surface area (Å²) in [5.41, 5.74) is 1.80. The summed E-state index contributed by atoms with van der Waals surface area (Å²) in [4.78, 5) is 29.3. The first-order chi connectivity index (χ1) is 15.4. The number of nitrogens with zero attached hydrogens (tertiary/aromatic N) is 4. The first-order valence-corrected chi connectivity index (χ1v) is 10.9. The summed E-state index contributed by atoms with van der Waals surface area (Å²) in [6.45, 7) is 4.16. The lowest BCUT2D eigenvalue weighted by atomic mass is 9.97. The zero-order valence-electron chi connectivity index (χ0n) is 17.7. The number of rotatable bonds is 5. The third-order valence-electron chi connectivity index (χ3n) is 5.79. The molecule has 0 N–H and O–H groups in total. The molecule has 1 unspecified atom stereocenters. The number of hydrogen-bond donors (Lipinski definition) is 0. The normalized spacial score (nSPS) is 15.0. The fraction of sp³-hybridized carbons (Fsp3) is 0.292. The van der Waals surface area contributed by atoms with Crippen LogP contribution in [0.4, 0.5) is 10.1 Å². The number of piperazine rings is 1. The van der Waals surface area contributed by atoms with Crippen molar-refractivity contribution < 1.29 is 9.18 Å². The van der Waals surface area contributed by atoms with Gasteiger partial charge in [0.1, 0.15) is 10.8 Å². The van der Waals surface area contributed by atoms with Crippen LogP contribution in [0.15, 0.2) is 65.6 Å². The van der Waals surface area contributed by atoms with Gasteiger partial charge in [0, 0.05) is 32.6 Å². The van der Waals surface area contributed by atoms with Gasteiger partial charge in [-0.3, -0.25) is 9.59 Å². The summed E-state index contributed by atoms with van der Waals surface area (Å²) in [5.74, 6) is -0.219. The second-order valence-corrected chi connectivity index (χ2v) is 8.30. The lowest BCUT2D eigenvalue weighted by Gasteiger charge is -2.36. The van der Waals surface area contributed by atoms with Crippen LogP contribution in [0.3, 0.4) is 0 Å². The van der Waals surface area contributed by atoms with Crippen molar-refractivity contribution in [3.05, 3.63) is 87.6 Å². The molecule has 1 aliphatic rings. The molecule has 1 atom stereocenters. The standard InChI is InChI=1S/C24H24ClFN4O2/c1-17(18-7-9-19(26)10-8-18)15-22(31)29-13-11-28(12-14-29)21-16-27-30(24(32)23(21)25)20-5-3-2-4-6-20/h2-10,16-17H,11-15H2,1H3. The summed E-state index contributed by atoms with van der Waals surface area (Å²) in [6.07, 6.45) is 1.96. The topological polar surface area (TPSA) is 58.4 Å². The molecular weight excluding hydrogens is 431 g/mol. The Morgan fingerprint density at radius 2 is 1.72 bits per heavy atom. The maximum absolute atomic E-state index is 13.1. The van der Waals surface area contributed by atoms with Crippen molar-refractivity contribution in [2.75, 3.05) is 31.1 Å². The van der Waals surface area contributed by atoms with Crippen LogP contribution in [0.25, 0.3) is 5.69 Å². The smallest absolute Gasteiger partial charge is 0.292 e. The Labute approximate surface area is 190 Å². The SMILES string of the molecule is CC(CC(=O)N1CCN(c2cnn(-c3ccccc3)c(=O)c2Cl)CC1)c1ccc(F)cc1. The van der Waals surface area contributed by atoms with Gasteiger partial charge in [-0.1, -0.05) is 48.9 Å². The van der Waals surface area contributed by atoms with E-state index in [2.05, 4.69) is 5.10 Å². The van der Waals surface area contributed by atoms with Crippen molar-refractivity contribution in [2.45, 2.75) is 19.3 Å². The Morgan fingerprint density at radius 3 is 2.38 bits per heavy atom. The highest BCUT2D eigenvalue weighted by atomic mass is 35.5. The van der Waals surface area contributed by atoms with E-state index in [4.69, 9.17) is 11.6 Å². The molecule has 166 valence electrons. The van der Waals surface area contributed by atoms with Crippen molar-refractivity contribution in [1.82, 2.24) is 14.7 Å². The number of benzene rings is 2.